The van der Waals surface area contributed by atoms with E-state index in [1.54, 1.807) is 0 Å². The number of nitrogens with two attached hydrogens (primary N) is 4. The number of unbranched alkanes of at least 4 members (excludes halogenated alkanes) is 1. The molecule has 0 saturated carbocycles. The van der Waals surface area contributed by atoms with E-state index in [4.69, 9.17) is 23.0 Å². The Morgan fingerprint density at radius 1 is 1.15 bits per heavy atom. The highest BCUT2D eigenvalue weighted by atomic mass is 19.4. The molecule has 1 aromatic rings. The van der Waals surface area contributed by atoms with E-state index in [2.05, 4.69) is 15.4 Å². The van der Waals surface area contributed by atoms with Crippen molar-refractivity contribution >= 4 is 11.8 Å². The summed E-state index contributed by atoms with van der Waals surface area (Å²) in [7, 11) is 1.46. The molecule has 0 aliphatic carbocycles. The Morgan fingerprint density at radius 3 is 2.50 bits per heavy atom. The number of hydrazine groups is 1. The molecule has 0 fully saturated rings. The molecule has 13 heteroatoms. The molecule has 1 rings (SSSR count). The van der Waals surface area contributed by atoms with E-state index in [1.165, 1.54) is 42.5 Å². The quantitative estimate of drug-likeness (QED) is 0.0828. The molecule has 0 bridgehead atoms. The smallest absolute Gasteiger partial charge is 0.406 e. The first-order valence-corrected chi connectivity index (χ1v) is 10.2. The summed E-state index contributed by atoms with van der Waals surface area (Å²) in [6.07, 6.45) is 1.18. The Kier molecular flexibility index (Phi) is 11.3. The van der Waals surface area contributed by atoms with Crippen LogP contribution in [-0.2, 0) is 16.0 Å². The molecule has 0 aliphatic rings. The largest absolute Gasteiger partial charge is 0.573 e. The van der Waals surface area contributed by atoms with E-state index in [0.717, 1.165) is 12.1 Å². The third-order valence-electron chi connectivity index (χ3n) is 4.18. The van der Waals surface area contributed by atoms with Gasteiger partial charge in [-0.25, -0.2) is 5.84 Å². The molecule has 34 heavy (non-hydrogen) atoms. The summed E-state index contributed by atoms with van der Waals surface area (Å²) in [6.45, 7) is 0.453. The summed E-state index contributed by atoms with van der Waals surface area (Å²) < 4.78 is 40.7. The van der Waals surface area contributed by atoms with Crippen LogP contribution in [-0.4, -0.2) is 36.8 Å². The number of ether oxygens (including phenoxy) is 1. The lowest BCUT2D eigenvalue weighted by atomic mass is 10.1. The van der Waals surface area contributed by atoms with Gasteiger partial charge in [-0.1, -0.05) is 12.1 Å². The first-order chi connectivity index (χ1) is 15.9. The second kappa shape index (κ2) is 13.6. The minimum atomic E-state index is -4.82. The number of alkyl halides is 3. The van der Waals surface area contributed by atoms with Crippen molar-refractivity contribution in [3.05, 3.63) is 65.4 Å². The fourth-order valence-corrected chi connectivity index (χ4v) is 2.63. The highest BCUT2D eigenvalue weighted by Crippen LogP contribution is 2.23. The molecule has 0 aromatic heterocycles. The van der Waals surface area contributed by atoms with E-state index in [-0.39, 0.29) is 17.9 Å². The van der Waals surface area contributed by atoms with Crippen LogP contribution in [0.3, 0.4) is 0 Å². The van der Waals surface area contributed by atoms with E-state index in [9.17, 15) is 22.8 Å². The van der Waals surface area contributed by atoms with Crippen molar-refractivity contribution in [3.63, 3.8) is 0 Å². The maximum Gasteiger partial charge on any atom is 0.573 e. The predicted molar refractivity (Wildman–Crippen MR) is 121 cm³/mol. The van der Waals surface area contributed by atoms with Crippen molar-refractivity contribution in [2.75, 3.05) is 13.6 Å². The van der Waals surface area contributed by atoms with Crippen molar-refractivity contribution in [3.8, 4) is 5.75 Å². The summed E-state index contributed by atoms with van der Waals surface area (Å²) in [6, 6.07) is 5.10. The van der Waals surface area contributed by atoms with Gasteiger partial charge in [-0.2, -0.15) is 0 Å². The number of likely N-dealkylation sites (N-methyl/N-ethyl adjacent to an activating group) is 1. The number of rotatable bonds is 12. The summed E-state index contributed by atoms with van der Waals surface area (Å²) in [5.74, 6) is 4.41. The van der Waals surface area contributed by atoms with Crippen molar-refractivity contribution in [1.29, 1.82) is 0 Å². The number of benzene rings is 1. The van der Waals surface area contributed by atoms with E-state index < -0.39 is 23.9 Å². The maximum atomic E-state index is 12.3. The third-order valence-corrected chi connectivity index (χ3v) is 4.18. The molecule has 0 unspecified atom stereocenters. The lowest BCUT2D eigenvalue weighted by Gasteiger charge is -2.14. The molecule has 0 aliphatic heterocycles. The molecule has 1 aromatic carbocycles. The fourth-order valence-electron chi connectivity index (χ4n) is 2.63. The number of carbonyl (C=O) groups excluding carboxylic acids is 2. The highest BCUT2D eigenvalue weighted by molar-refractivity contribution is 5.91. The molecule has 0 spiro atoms. The lowest BCUT2D eigenvalue weighted by molar-refractivity contribution is -0.274. The Morgan fingerprint density at radius 2 is 1.85 bits per heavy atom. The molecule has 2 amide bonds. The van der Waals surface area contributed by atoms with Gasteiger partial charge in [0.25, 0.3) is 5.91 Å². The maximum absolute atomic E-state index is 12.3. The highest BCUT2D eigenvalue weighted by Gasteiger charge is 2.31. The number of carbonyl (C=O) groups is 2. The third kappa shape index (κ3) is 12.2. The Bertz CT molecular complexity index is 930. The van der Waals surface area contributed by atoms with Gasteiger partial charge in [-0.15, -0.1) is 13.2 Å². The standard InChI is InChI=1S/C21H30F3N7O3/c1-29-20(33)17(26)13-31(28)10-3-2-6-15(25)8-9-18(27)30-19(32)12-14-5-4-7-16(11-14)34-21(22,23)24/h4-5,7-9,11,13H,2-3,6,10,12,25-28H2,1H3,(H,29,33)(H,30,32)/b15-8-,17-13-,18-9+. The van der Waals surface area contributed by atoms with Gasteiger partial charge >= 0.3 is 6.36 Å². The number of nitrogens with one attached hydrogen (secondary N) is 2. The molecular formula is C21H30F3N7O3. The molecule has 0 heterocycles. The van der Waals surface area contributed by atoms with Crippen LogP contribution in [0, 0.1) is 0 Å². The summed E-state index contributed by atoms with van der Waals surface area (Å²) in [5.41, 5.74) is 18.0. The molecule has 188 valence electrons. The Balaban J connectivity index is 2.45. The number of allylic oxidation sites excluding steroid dienone is 3. The number of hydrogen-bond donors (Lipinski definition) is 6. The van der Waals surface area contributed by atoms with Gasteiger partial charge in [0.15, 0.2) is 0 Å². The van der Waals surface area contributed by atoms with E-state index >= 15 is 0 Å². The normalized spacial score (nSPS) is 12.8. The second-order valence-electron chi connectivity index (χ2n) is 7.14. The zero-order chi connectivity index (χ0) is 25.7. The summed E-state index contributed by atoms with van der Waals surface area (Å²) in [5, 5.41) is 6.12. The average Bonchev–Trinajstić information content (AvgIpc) is 2.73. The van der Waals surface area contributed by atoms with Crippen LogP contribution in [0.25, 0.3) is 0 Å². The van der Waals surface area contributed by atoms with Crippen LogP contribution < -0.4 is 38.4 Å². The van der Waals surface area contributed by atoms with Crippen LogP contribution in [0.1, 0.15) is 24.8 Å². The van der Waals surface area contributed by atoms with Gasteiger partial charge in [0.1, 0.15) is 17.3 Å². The van der Waals surface area contributed by atoms with Gasteiger partial charge in [0, 0.05) is 25.5 Å². The number of hydrogen-bond acceptors (Lipinski definition) is 8. The van der Waals surface area contributed by atoms with Crippen LogP contribution in [0.15, 0.2) is 59.8 Å². The zero-order valence-electron chi connectivity index (χ0n) is 18.7. The number of nitrogens with zero attached hydrogens (tertiary/aromatic N) is 1. The molecule has 10 nitrogen and oxygen atoms in total. The van der Waals surface area contributed by atoms with Crippen molar-refractivity contribution in [2.24, 2.45) is 23.0 Å². The molecule has 0 saturated heterocycles. The number of halogens is 3. The summed E-state index contributed by atoms with van der Waals surface area (Å²) in [4.78, 5) is 23.4. The average molecular weight is 486 g/mol. The molecule has 10 N–H and O–H groups in total. The summed E-state index contributed by atoms with van der Waals surface area (Å²) >= 11 is 0. The van der Waals surface area contributed by atoms with Crippen LogP contribution in [0.5, 0.6) is 5.75 Å². The lowest BCUT2D eigenvalue weighted by Crippen LogP contribution is -2.32. The van der Waals surface area contributed by atoms with Crippen molar-refractivity contribution in [2.45, 2.75) is 32.0 Å². The topological polar surface area (TPSA) is 175 Å². The van der Waals surface area contributed by atoms with Gasteiger partial charge in [0.05, 0.1) is 6.42 Å². The zero-order valence-corrected chi connectivity index (χ0v) is 18.7. The van der Waals surface area contributed by atoms with Crippen molar-refractivity contribution in [1.82, 2.24) is 15.6 Å². The Labute approximate surface area is 195 Å². The predicted octanol–water partition coefficient (Wildman–Crippen LogP) is 0.779. The SMILES string of the molecule is CNC(=O)/C(N)=C/N(N)CCCC/C(N)=C/C=C(\N)NC(=O)Cc1cccc(OC(F)(F)F)c1. The van der Waals surface area contributed by atoms with Crippen LogP contribution >= 0.6 is 0 Å². The van der Waals surface area contributed by atoms with Crippen molar-refractivity contribution < 1.29 is 27.5 Å². The van der Waals surface area contributed by atoms with Gasteiger partial charge in [-0.3, -0.25) is 9.59 Å². The van der Waals surface area contributed by atoms with Crippen LogP contribution in [0.4, 0.5) is 13.2 Å². The van der Waals surface area contributed by atoms with Crippen LogP contribution in [0.2, 0.25) is 0 Å². The van der Waals surface area contributed by atoms with Gasteiger partial charge < -0.3 is 37.6 Å². The fraction of sp³-hybridized carbons (Fsp3) is 0.333. The molecule has 0 radical (unpaired) electrons. The minimum absolute atomic E-state index is 0.00517. The van der Waals surface area contributed by atoms with Gasteiger partial charge in [-0.05, 0) is 49.1 Å². The molecular weight excluding hydrogens is 455 g/mol. The first kappa shape index (κ1) is 28.2. The minimum Gasteiger partial charge on any atom is -0.406 e. The first-order valence-electron chi connectivity index (χ1n) is 10.2. The van der Waals surface area contributed by atoms with Gasteiger partial charge in [0.2, 0.25) is 5.91 Å². The Hall–Kier alpha value is -3.87. The van der Waals surface area contributed by atoms with E-state index in [0.29, 0.717) is 37.1 Å². The van der Waals surface area contributed by atoms with E-state index in [1.807, 2.05) is 0 Å². The molecule has 0 atom stereocenters. The monoisotopic (exact) mass is 485 g/mol. The number of amides is 2. The second-order valence-corrected chi connectivity index (χ2v) is 7.14.